The van der Waals surface area contributed by atoms with Crippen molar-refractivity contribution >= 4 is 21.6 Å². The lowest BCUT2D eigenvalue weighted by atomic mass is 10.2. The van der Waals surface area contributed by atoms with Crippen LogP contribution in [0.4, 0.5) is 5.69 Å². The summed E-state index contributed by atoms with van der Waals surface area (Å²) >= 11 is 0. The summed E-state index contributed by atoms with van der Waals surface area (Å²) in [6.07, 6.45) is 0. The Morgan fingerprint density at radius 3 is 2.43 bits per heavy atom. The second-order valence-electron chi connectivity index (χ2n) is 6.77. The van der Waals surface area contributed by atoms with Gasteiger partial charge in [0.1, 0.15) is 5.75 Å². The van der Waals surface area contributed by atoms with Gasteiger partial charge in [0.15, 0.2) is 6.61 Å². The van der Waals surface area contributed by atoms with Crippen LogP contribution in [-0.4, -0.2) is 49.5 Å². The topological polar surface area (TPSA) is 115 Å². The Balaban J connectivity index is 1.62. The molecule has 1 aromatic heterocycles. The van der Waals surface area contributed by atoms with Crippen LogP contribution in [0.25, 0.3) is 11.4 Å². The van der Waals surface area contributed by atoms with Gasteiger partial charge < -0.3 is 14.6 Å². The van der Waals surface area contributed by atoms with Gasteiger partial charge in [-0.1, -0.05) is 11.2 Å². The van der Waals surface area contributed by atoms with Crippen LogP contribution in [-0.2, 0) is 14.8 Å². The molecule has 158 valence electrons. The van der Waals surface area contributed by atoms with Gasteiger partial charge in [0.05, 0.1) is 4.90 Å². The lowest BCUT2D eigenvalue weighted by Crippen LogP contribution is -2.24. The molecule has 3 rings (SSSR count). The number of benzene rings is 2. The van der Waals surface area contributed by atoms with Gasteiger partial charge in [-0.05, 0) is 48.9 Å². The summed E-state index contributed by atoms with van der Waals surface area (Å²) in [5, 5.41) is 6.49. The van der Waals surface area contributed by atoms with Gasteiger partial charge >= 0.3 is 0 Å². The summed E-state index contributed by atoms with van der Waals surface area (Å²) in [5.41, 5.74) is 1.73. The number of amides is 1. The van der Waals surface area contributed by atoms with Gasteiger partial charge in [-0.25, -0.2) is 12.7 Å². The van der Waals surface area contributed by atoms with E-state index in [1.54, 1.807) is 50.2 Å². The Morgan fingerprint density at radius 1 is 1.13 bits per heavy atom. The molecule has 0 bridgehead atoms. The average molecular weight is 430 g/mol. The Kier molecular flexibility index (Phi) is 6.18. The van der Waals surface area contributed by atoms with Gasteiger partial charge in [-0.2, -0.15) is 4.98 Å². The van der Waals surface area contributed by atoms with Crippen LogP contribution in [0.3, 0.4) is 0 Å². The monoisotopic (exact) mass is 430 g/mol. The van der Waals surface area contributed by atoms with E-state index >= 15 is 0 Å². The van der Waals surface area contributed by atoms with E-state index in [-0.39, 0.29) is 11.5 Å². The summed E-state index contributed by atoms with van der Waals surface area (Å²) in [4.78, 5) is 16.5. The van der Waals surface area contributed by atoms with Crippen LogP contribution < -0.4 is 10.1 Å². The molecule has 0 aliphatic heterocycles. The van der Waals surface area contributed by atoms with E-state index in [1.165, 1.54) is 20.2 Å². The Bertz CT molecular complexity index is 1150. The van der Waals surface area contributed by atoms with Crippen LogP contribution in [0.5, 0.6) is 5.75 Å². The molecular formula is C20H22N4O5S. The van der Waals surface area contributed by atoms with Crippen LogP contribution in [0.1, 0.15) is 11.5 Å². The van der Waals surface area contributed by atoms with E-state index in [1.807, 2.05) is 0 Å². The second-order valence-corrected chi connectivity index (χ2v) is 8.89. The van der Waals surface area contributed by atoms with Crippen molar-refractivity contribution in [3.63, 3.8) is 0 Å². The third kappa shape index (κ3) is 4.84. The number of aromatic nitrogens is 2. The number of rotatable bonds is 7. The predicted molar refractivity (Wildman–Crippen MR) is 111 cm³/mol. The van der Waals surface area contributed by atoms with Gasteiger partial charge in [-0.15, -0.1) is 0 Å². The maximum atomic E-state index is 12.4. The highest BCUT2D eigenvalue weighted by atomic mass is 32.2. The lowest BCUT2D eigenvalue weighted by Gasteiger charge is -2.15. The molecule has 1 N–H and O–H groups in total. The van der Waals surface area contributed by atoms with Gasteiger partial charge in [0.25, 0.3) is 5.91 Å². The minimum Gasteiger partial charge on any atom is -0.484 e. The van der Waals surface area contributed by atoms with Crippen molar-refractivity contribution in [2.75, 3.05) is 26.0 Å². The van der Waals surface area contributed by atoms with Crippen molar-refractivity contribution in [3.8, 4) is 17.1 Å². The molecule has 0 radical (unpaired) electrons. The molecule has 9 nitrogen and oxygen atoms in total. The Labute approximate surface area is 174 Å². The maximum Gasteiger partial charge on any atom is 0.262 e. The highest BCUT2D eigenvalue weighted by molar-refractivity contribution is 7.89. The number of hydrogen-bond donors (Lipinski definition) is 1. The zero-order chi connectivity index (χ0) is 21.9. The number of ether oxygens (including phenoxy) is 1. The minimum atomic E-state index is -3.61. The molecule has 3 aromatic rings. The molecule has 10 heteroatoms. The first-order valence-corrected chi connectivity index (χ1v) is 10.5. The summed E-state index contributed by atoms with van der Waals surface area (Å²) in [5.74, 6) is 1.03. The number of nitrogens with zero attached hydrogens (tertiary/aromatic N) is 3. The molecule has 0 saturated heterocycles. The Hall–Kier alpha value is -3.24. The molecule has 0 unspecified atom stereocenters. The normalized spacial score (nSPS) is 11.5. The summed E-state index contributed by atoms with van der Waals surface area (Å²) in [6, 6.07) is 11.6. The van der Waals surface area contributed by atoms with Gasteiger partial charge in [0.2, 0.25) is 21.7 Å². The first-order valence-electron chi connectivity index (χ1n) is 9.03. The number of carbonyl (C=O) groups excluding carboxylic acids is 1. The number of nitrogens with one attached hydrogen (secondary N) is 1. The van der Waals surface area contributed by atoms with E-state index in [0.29, 0.717) is 28.7 Å². The molecule has 0 saturated carbocycles. The molecule has 0 fully saturated rings. The van der Waals surface area contributed by atoms with Crippen molar-refractivity contribution in [2.24, 2.45) is 0 Å². The van der Waals surface area contributed by atoms with Crippen LogP contribution in [0, 0.1) is 13.8 Å². The second kappa shape index (κ2) is 8.64. The van der Waals surface area contributed by atoms with Gasteiger partial charge in [0, 0.05) is 32.3 Å². The van der Waals surface area contributed by atoms with E-state index in [0.717, 1.165) is 9.87 Å². The summed E-state index contributed by atoms with van der Waals surface area (Å²) in [6.45, 7) is 3.18. The van der Waals surface area contributed by atoms with Crippen molar-refractivity contribution in [3.05, 3.63) is 53.9 Å². The lowest BCUT2D eigenvalue weighted by molar-refractivity contribution is -0.118. The average Bonchev–Trinajstić information content (AvgIpc) is 3.14. The summed E-state index contributed by atoms with van der Waals surface area (Å²) in [7, 11) is -0.698. The minimum absolute atomic E-state index is 0.138. The molecule has 2 aromatic carbocycles. The molecule has 0 atom stereocenters. The van der Waals surface area contributed by atoms with E-state index < -0.39 is 15.9 Å². The molecule has 1 amide bonds. The smallest absolute Gasteiger partial charge is 0.262 e. The SMILES string of the molecule is Cc1nc(-c2ccc(OCC(=O)Nc3ccc(C)c(S(=O)(=O)N(C)C)c3)cc2)no1. The predicted octanol–water partition coefficient (Wildman–Crippen LogP) is 2.62. The maximum absolute atomic E-state index is 12.4. The fourth-order valence-electron chi connectivity index (χ4n) is 2.62. The summed E-state index contributed by atoms with van der Waals surface area (Å²) < 4.78 is 36.4. The first-order chi connectivity index (χ1) is 14.2. The van der Waals surface area contributed by atoms with E-state index in [9.17, 15) is 13.2 Å². The largest absolute Gasteiger partial charge is 0.484 e. The first kappa shape index (κ1) is 21.5. The quantitative estimate of drug-likeness (QED) is 0.613. The third-order valence-electron chi connectivity index (χ3n) is 4.24. The molecular weight excluding hydrogens is 408 g/mol. The van der Waals surface area contributed by atoms with Crippen molar-refractivity contribution in [1.82, 2.24) is 14.4 Å². The highest BCUT2D eigenvalue weighted by Gasteiger charge is 2.20. The number of aryl methyl sites for hydroxylation is 2. The zero-order valence-electron chi connectivity index (χ0n) is 17.0. The van der Waals surface area contributed by atoms with E-state index in [2.05, 4.69) is 15.5 Å². The number of hydrogen-bond acceptors (Lipinski definition) is 7. The van der Waals surface area contributed by atoms with Crippen molar-refractivity contribution in [2.45, 2.75) is 18.7 Å². The van der Waals surface area contributed by atoms with Crippen LogP contribution >= 0.6 is 0 Å². The number of anilines is 1. The fraction of sp³-hybridized carbons (Fsp3) is 0.250. The zero-order valence-corrected chi connectivity index (χ0v) is 17.9. The molecule has 0 spiro atoms. The molecule has 0 aliphatic rings. The van der Waals surface area contributed by atoms with E-state index in [4.69, 9.17) is 9.26 Å². The highest BCUT2D eigenvalue weighted by Crippen LogP contribution is 2.23. The molecule has 30 heavy (non-hydrogen) atoms. The number of sulfonamides is 1. The number of carbonyl (C=O) groups is 1. The standard InChI is InChI=1S/C20H22N4O5S/c1-13-5-8-16(11-18(13)30(26,27)24(3)4)22-19(25)12-28-17-9-6-15(7-10-17)20-21-14(2)29-23-20/h5-11H,12H2,1-4H3,(H,22,25). The fourth-order valence-corrected chi connectivity index (χ4v) is 3.76. The Morgan fingerprint density at radius 2 is 1.83 bits per heavy atom. The van der Waals surface area contributed by atoms with Crippen LogP contribution in [0.15, 0.2) is 51.9 Å². The van der Waals surface area contributed by atoms with Crippen molar-refractivity contribution < 1.29 is 22.5 Å². The van der Waals surface area contributed by atoms with Gasteiger partial charge in [-0.3, -0.25) is 4.79 Å². The molecule has 1 heterocycles. The molecule has 0 aliphatic carbocycles. The van der Waals surface area contributed by atoms with Crippen molar-refractivity contribution in [1.29, 1.82) is 0 Å². The van der Waals surface area contributed by atoms with Crippen LogP contribution in [0.2, 0.25) is 0 Å². The third-order valence-corrected chi connectivity index (χ3v) is 6.20.